The first kappa shape index (κ1) is 14.9. The molecule has 1 aliphatic heterocycles. The number of hydrogen-bond donors (Lipinski definition) is 2. The van der Waals surface area contributed by atoms with Crippen molar-refractivity contribution in [2.45, 2.75) is 18.4 Å². The zero-order chi connectivity index (χ0) is 14.8. The van der Waals surface area contributed by atoms with Crippen LogP contribution in [0, 0.1) is 5.82 Å². The van der Waals surface area contributed by atoms with Crippen molar-refractivity contribution in [1.82, 2.24) is 10.2 Å². The average Bonchev–Trinajstić information content (AvgIpc) is 2.42. The van der Waals surface area contributed by atoms with E-state index in [1.807, 2.05) is 7.05 Å². The fraction of sp³-hybridized carbons (Fsp3) is 0.429. The van der Waals surface area contributed by atoms with Gasteiger partial charge in [-0.15, -0.1) is 0 Å². The van der Waals surface area contributed by atoms with Crippen LogP contribution < -0.4 is 11.1 Å². The molecule has 4 nitrogen and oxygen atoms in total. The van der Waals surface area contributed by atoms with Crippen molar-refractivity contribution in [3.63, 3.8) is 0 Å². The van der Waals surface area contributed by atoms with Gasteiger partial charge in [0.15, 0.2) is 0 Å². The molecule has 0 unspecified atom stereocenters. The fourth-order valence-corrected chi connectivity index (χ4v) is 2.58. The van der Waals surface area contributed by atoms with Crippen LogP contribution in [0.15, 0.2) is 24.3 Å². The quantitative estimate of drug-likeness (QED) is 0.826. The second-order valence-corrected chi connectivity index (χ2v) is 5.65. The summed E-state index contributed by atoms with van der Waals surface area (Å²) in [6.07, 6.45) is 1.37. The molecule has 0 spiro atoms. The van der Waals surface area contributed by atoms with Crippen molar-refractivity contribution in [2.75, 3.05) is 20.1 Å². The van der Waals surface area contributed by atoms with Crippen molar-refractivity contribution in [3.05, 3.63) is 35.6 Å². The Morgan fingerprint density at radius 3 is 2.40 bits per heavy atom. The first-order chi connectivity index (χ1) is 9.43. The zero-order valence-electron chi connectivity index (χ0n) is 11.4. The number of amides is 1. The van der Waals surface area contributed by atoms with Crippen LogP contribution in [0.4, 0.5) is 4.39 Å². The van der Waals surface area contributed by atoms with Crippen LogP contribution in [-0.4, -0.2) is 41.5 Å². The molecule has 0 atom stereocenters. The number of hydrogen-bond acceptors (Lipinski definition) is 3. The molecule has 0 radical (unpaired) electrons. The molecule has 6 heteroatoms. The minimum Gasteiger partial charge on any atom is -0.391 e. The van der Waals surface area contributed by atoms with E-state index < -0.39 is 5.54 Å². The van der Waals surface area contributed by atoms with E-state index in [0.29, 0.717) is 23.4 Å². The Labute approximate surface area is 123 Å². The number of carbonyl (C=O) groups excluding carboxylic acids is 1. The number of piperidine rings is 1. The summed E-state index contributed by atoms with van der Waals surface area (Å²) in [7, 11) is 2.02. The van der Waals surface area contributed by atoms with Crippen molar-refractivity contribution >= 4 is 23.1 Å². The Balaban J connectivity index is 2.14. The van der Waals surface area contributed by atoms with Gasteiger partial charge in [-0.2, -0.15) is 0 Å². The third-order valence-corrected chi connectivity index (χ3v) is 4.16. The van der Waals surface area contributed by atoms with Gasteiger partial charge in [-0.3, -0.25) is 4.79 Å². The molecule has 0 bridgehead atoms. The van der Waals surface area contributed by atoms with Gasteiger partial charge < -0.3 is 16.0 Å². The molecule has 1 fully saturated rings. The van der Waals surface area contributed by atoms with Gasteiger partial charge in [0.25, 0.3) is 5.91 Å². The van der Waals surface area contributed by atoms with Crippen LogP contribution in [0.25, 0.3) is 0 Å². The summed E-state index contributed by atoms with van der Waals surface area (Å²) >= 11 is 5.14. The van der Waals surface area contributed by atoms with Gasteiger partial charge in [0, 0.05) is 18.7 Å². The topological polar surface area (TPSA) is 58.4 Å². The number of rotatable bonds is 3. The molecule has 20 heavy (non-hydrogen) atoms. The fourth-order valence-electron chi connectivity index (χ4n) is 2.32. The van der Waals surface area contributed by atoms with Crippen LogP contribution in [-0.2, 0) is 0 Å². The van der Waals surface area contributed by atoms with Gasteiger partial charge in [0.05, 0.1) is 10.5 Å². The molecule has 1 saturated heterocycles. The van der Waals surface area contributed by atoms with Crippen molar-refractivity contribution in [3.8, 4) is 0 Å². The molecular weight excluding hydrogens is 277 g/mol. The van der Waals surface area contributed by atoms with Gasteiger partial charge in [-0.05, 0) is 44.2 Å². The SMILES string of the molecule is CN1CCC(NC(=O)c2ccc(F)cc2)(C(N)=S)CC1. The summed E-state index contributed by atoms with van der Waals surface area (Å²) in [5, 5.41) is 2.93. The highest BCUT2D eigenvalue weighted by Gasteiger charge is 2.38. The van der Waals surface area contributed by atoms with Crippen LogP contribution in [0.5, 0.6) is 0 Å². The van der Waals surface area contributed by atoms with Crippen molar-refractivity contribution in [2.24, 2.45) is 5.73 Å². The molecule has 0 aliphatic carbocycles. The first-order valence-electron chi connectivity index (χ1n) is 6.49. The minimum atomic E-state index is -0.646. The highest BCUT2D eigenvalue weighted by atomic mass is 32.1. The number of halogens is 1. The number of likely N-dealkylation sites (tertiary alicyclic amines) is 1. The van der Waals surface area contributed by atoms with Crippen LogP contribution in [0.2, 0.25) is 0 Å². The Kier molecular flexibility index (Phi) is 4.35. The van der Waals surface area contributed by atoms with E-state index in [2.05, 4.69) is 10.2 Å². The lowest BCUT2D eigenvalue weighted by molar-refractivity contribution is 0.0890. The van der Waals surface area contributed by atoms with Gasteiger partial charge >= 0.3 is 0 Å². The van der Waals surface area contributed by atoms with Crippen molar-refractivity contribution < 1.29 is 9.18 Å². The maximum atomic E-state index is 12.9. The summed E-state index contributed by atoms with van der Waals surface area (Å²) in [6, 6.07) is 5.42. The average molecular weight is 295 g/mol. The monoisotopic (exact) mass is 295 g/mol. The van der Waals surface area contributed by atoms with Crippen LogP contribution in [0.3, 0.4) is 0 Å². The molecule has 3 N–H and O–H groups in total. The Morgan fingerprint density at radius 1 is 1.35 bits per heavy atom. The molecule has 108 valence electrons. The molecule has 1 aliphatic rings. The maximum Gasteiger partial charge on any atom is 0.252 e. The van der Waals surface area contributed by atoms with Gasteiger partial charge in [0.2, 0.25) is 0 Å². The lowest BCUT2D eigenvalue weighted by atomic mass is 9.87. The van der Waals surface area contributed by atoms with Gasteiger partial charge in [0.1, 0.15) is 5.82 Å². The van der Waals surface area contributed by atoms with Crippen LogP contribution in [0.1, 0.15) is 23.2 Å². The van der Waals surface area contributed by atoms with E-state index in [1.54, 1.807) is 0 Å². The molecule has 1 heterocycles. The summed E-state index contributed by atoms with van der Waals surface area (Å²) < 4.78 is 12.9. The lowest BCUT2D eigenvalue weighted by Crippen LogP contribution is -2.61. The zero-order valence-corrected chi connectivity index (χ0v) is 12.2. The number of nitrogens with zero attached hydrogens (tertiary/aromatic N) is 1. The summed E-state index contributed by atoms with van der Waals surface area (Å²) in [4.78, 5) is 14.7. The Hall–Kier alpha value is -1.53. The number of benzene rings is 1. The van der Waals surface area contributed by atoms with Gasteiger partial charge in [-0.25, -0.2) is 4.39 Å². The number of carbonyl (C=O) groups is 1. The maximum absolute atomic E-state index is 12.9. The number of nitrogens with one attached hydrogen (secondary N) is 1. The largest absolute Gasteiger partial charge is 0.391 e. The molecule has 1 aromatic carbocycles. The smallest absolute Gasteiger partial charge is 0.252 e. The standard InChI is InChI=1S/C14H18FN3OS/c1-18-8-6-14(7-9-18,13(16)20)17-12(19)10-2-4-11(15)5-3-10/h2-5H,6-9H2,1H3,(H2,16,20)(H,17,19). The minimum absolute atomic E-state index is 0.276. The highest BCUT2D eigenvalue weighted by molar-refractivity contribution is 7.80. The highest BCUT2D eigenvalue weighted by Crippen LogP contribution is 2.23. The van der Waals surface area contributed by atoms with E-state index in [0.717, 1.165) is 13.1 Å². The molecule has 0 aromatic heterocycles. The first-order valence-corrected chi connectivity index (χ1v) is 6.90. The van der Waals surface area contributed by atoms with E-state index >= 15 is 0 Å². The van der Waals surface area contributed by atoms with Crippen LogP contribution >= 0.6 is 12.2 Å². The van der Waals surface area contributed by atoms with Crippen molar-refractivity contribution in [1.29, 1.82) is 0 Å². The van der Waals surface area contributed by atoms with E-state index in [1.165, 1.54) is 24.3 Å². The third-order valence-electron chi connectivity index (χ3n) is 3.77. The van der Waals surface area contributed by atoms with Gasteiger partial charge in [-0.1, -0.05) is 12.2 Å². The summed E-state index contributed by atoms with van der Waals surface area (Å²) in [5.41, 5.74) is 5.59. The second-order valence-electron chi connectivity index (χ2n) is 5.21. The molecular formula is C14H18FN3OS. The second kappa shape index (κ2) is 5.85. The molecule has 1 aromatic rings. The molecule has 1 amide bonds. The third kappa shape index (κ3) is 3.13. The lowest BCUT2D eigenvalue weighted by Gasteiger charge is -2.40. The van der Waals surface area contributed by atoms with E-state index in [9.17, 15) is 9.18 Å². The van der Waals surface area contributed by atoms with E-state index in [4.69, 9.17) is 18.0 Å². The Morgan fingerprint density at radius 2 is 1.90 bits per heavy atom. The summed E-state index contributed by atoms with van der Waals surface area (Å²) in [5.74, 6) is -0.646. The number of nitrogens with two attached hydrogens (primary N) is 1. The number of thiocarbonyl (C=S) groups is 1. The molecule has 0 saturated carbocycles. The predicted molar refractivity (Wildman–Crippen MR) is 80.1 cm³/mol. The normalized spacial score (nSPS) is 18.5. The Bertz CT molecular complexity index is 510. The summed E-state index contributed by atoms with van der Waals surface area (Å²) in [6.45, 7) is 1.64. The molecule has 2 rings (SSSR count). The van der Waals surface area contributed by atoms with E-state index in [-0.39, 0.29) is 11.7 Å². The predicted octanol–water partition coefficient (Wildman–Crippen LogP) is 1.31.